The molecule has 0 atom stereocenters. The number of nitrogens with two attached hydrogens (primary N) is 1. The van der Waals surface area contributed by atoms with Crippen LogP contribution in [0.1, 0.15) is 6.42 Å². The van der Waals surface area contributed by atoms with E-state index in [4.69, 9.17) is 5.73 Å². The number of nitrogens with one attached hydrogen (secondary N) is 1. The van der Waals surface area contributed by atoms with Gasteiger partial charge in [0.2, 0.25) is 0 Å². The Morgan fingerprint density at radius 1 is 1.47 bits per heavy atom. The topological polar surface area (TPSA) is 59.6 Å². The first kappa shape index (κ1) is 18.8. The smallest absolute Gasteiger partial charge is 0.372 e. The van der Waals surface area contributed by atoms with E-state index in [0.29, 0.717) is 19.5 Å². The molecule has 0 aliphatic heterocycles. The van der Waals surface area contributed by atoms with Gasteiger partial charge in [-0.3, -0.25) is 4.99 Å². The van der Waals surface area contributed by atoms with Crippen molar-refractivity contribution in [2.75, 3.05) is 26.3 Å². The van der Waals surface area contributed by atoms with Gasteiger partial charge in [0.15, 0.2) is 5.96 Å². The van der Waals surface area contributed by atoms with E-state index in [-0.39, 0.29) is 36.5 Å². The van der Waals surface area contributed by atoms with Gasteiger partial charge in [-0.1, -0.05) is 6.08 Å². The lowest BCUT2D eigenvalue weighted by Gasteiger charge is -2.06. The Morgan fingerprint density at radius 3 is 2.65 bits per heavy atom. The van der Waals surface area contributed by atoms with E-state index in [9.17, 15) is 13.2 Å². The molecule has 0 aromatic rings. The van der Waals surface area contributed by atoms with Gasteiger partial charge in [0.05, 0.1) is 0 Å². The summed E-state index contributed by atoms with van der Waals surface area (Å²) in [5.41, 5.74) is 5.41. The molecule has 8 heteroatoms. The second-order valence-electron chi connectivity index (χ2n) is 2.96. The Kier molecular flexibility index (Phi) is 11.8. The average Bonchev–Trinajstić information content (AvgIpc) is 2.18. The minimum atomic E-state index is -4.27. The maximum absolute atomic E-state index is 11.6. The highest BCUT2D eigenvalue weighted by Gasteiger charge is 2.27. The summed E-state index contributed by atoms with van der Waals surface area (Å²) in [5, 5.41) is 2.74. The average molecular weight is 367 g/mol. The van der Waals surface area contributed by atoms with Gasteiger partial charge < -0.3 is 15.8 Å². The largest absolute Gasteiger partial charge is 0.411 e. The van der Waals surface area contributed by atoms with Gasteiger partial charge in [-0.25, -0.2) is 0 Å². The van der Waals surface area contributed by atoms with E-state index in [1.807, 2.05) is 0 Å². The number of alkyl halides is 3. The van der Waals surface area contributed by atoms with Crippen molar-refractivity contribution in [2.24, 2.45) is 10.7 Å². The number of ether oxygens (including phenoxy) is 1. The van der Waals surface area contributed by atoms with Crippen molar-refractivity contribution in [2.45, 2.75) is 12.6 Å². The first-order valence-electron chi connectivity index (χ1n) is 4.75. The van der Waals surface area contributed by atoms with E-state index >= 15 is 0 Å². The summed E-state index contributed by atoms with van der Waals surface area (Å²) in [6.07, 6.45) is -2.25. The van der Waals surface area contributed by atoms with E-state index in [0.717, 1.165) is 0 Å². The van der Waals surface area contributed by atoms with Crippen LogP contribution in [-0.4, -0.2) is 38.4 Å². The molecule has 0 aromatic carbocycles. The van der Waals surface area contributed by atoms with E-state index in [2.05, 4.69) is 21.6 Å². The van der Waals surface area contributed by atoms with Gasteiger partial charge in [0, 0.05) is 19.7 Å². The summed E-state index contributed by atoms with van der Waals surface area (Å²) in [6, 6.07) is 0. The zero-order chi connectivity index (χ0) is 12.4. The van der Waals surface area contributed by atoms with E-state index in [1.54, 1.807) is 6.08 Å². The molecule has 0 bridgehead atoms. The molecular weight excluding hydrogens is 350 g/mol. The Labute approximate surface area is 116 Å². The summed E-state index contributed by atoms with van der Waals surface area (Å²) >= 11 is 0. The zero-order valence-electron chi connectivity index (χ0n) is 9.29. The van der Waals surface area contributed by atoms with Gasteiger partial charge in [0.25, 0.3) is 0 Å². The molecule has 0 aliphatic rings. The second kappa shape index (κ2) is 10.6. The molecule has 0 aliphatic carbocycles. The standard InChI is InChI=1S/C9H16F3N3O.HI/c1-2-4-14-8(13)15-5-3-6-16-7-9(10,11)12;/h2H,1,3-7H2,(H3,13,14,15);1H. The maximum Gasteiger partial charge on any atom is 0.411 e. The number of hydrogen-bond donors (Lipinski definition) is 2. The summed E-state index contributed by atoms with van der Waals surface area (Å²) in [7, 11) is 0. The van der Waals surface area contributed by atoms with Crippen LogP contribution in [0.2, 0.25) is 0 Å². The maximum atomic E-state index is 11.6. The third-order valence-corrected chi connectivity index (χ3v) is 1.42. The first-order chi connectivity index (χ1) is 7.45. The van der Waals surface area contributed by atoms with Crippen molar-refractivity contribution >= 4 is 29.9 Å². The van der Waals surface area contributed by atoms with Crippen LogP contribution in [0.5, 0.6) is 0 Å². The minimum Gasteiger partial charge on any atom is -0.372 e. The number of rotatable bonds is 7. The normalized spacial score (nSPS) is 11.8. The van der Waals surface area contributed by atoms with Crippen molar-refractivity contribution in [3.63, 3.8) is 0 Å². The quantitative estimate of drug-likeness (QED) is 0.237. The van der Waals surface area contributed by atoms with Crippen LogP contribution in [0.25, 0.3) is 0 Å². The highest BCUT2D eigenvalue weighted by molar-refractivity contribution is 14.0. The van der Waals surface area contributed by atoms with Gasteiger partial charge >= 0.3 is 6.18 Å². The lowest BCUT2D eigenvalue weighted by Crippen LogP contribution is -2.31. The van der Waals surface area contributed by atoms with Crippen molar-refractivity contribution in [3.05, 3.63) is 12.7 Å². The molecule has 0 radical (unpaired) electrons. The highest BCUT2D eigenvalue weighted by atomic mass is 127. The molecule has 0 rings (SSSR count). The molecule has 0 saturated heterocycles. The Morgan fingerprint density at radius 2 is 2.12 bits per heavy atom. The lowest BCUT2D eigenvalue weighted by molar-refractivity contribution is -0.173. The van der Waals surface area contributed by atoms with Crippen molar-refractivity contribution in [1.29, 1.82) is 0 Å². The zero-order valence-corrected chi connectivity index (χ0v) is 11.6. The van der Waals surface area contributed by atoms with Gasteiger partial charge in [-0.2, -0.15) is 13.2 Å². The molecule has 0 heterocycles. The van der Waals surface area contributed by atoms with E-state index in [1.165, 1.54) is 0 Å². The molecule has 102 valence electrons. The molecule has 0 spiro atoms. The third-order valence-electron chi connectivity index (χ3n) is 1.42. The van der Waals surface area contributed by atoms with Crippen LogP contribution >= 0.6 is 24.0 Å². The molecular formula is C9H17F3IN3O. The number of halogens is 4. The van der Waals surface area contributed by atoms with Crippen LogP contribution in [-0.2, 0) is 4.74 Å². The number of aliphatic imine (C=N–C) groups is 1. The summed E-state index contributed by atoms with van der Waals surface area (Å²) in [6.45, 7) is 3.09. The third kappa shape index (κ3) is 15.5. The molecule has 17 heavy (non-hydrogen) atoms. The SMILES string of the molecule is C=CCNC(N)=NCCCOCC(F)(F)F.I. The number of hydrogen-bond acceptors (Lipinski definition) is 2. The Hall–Kier alpha value is -0.510. The van der Waals surface area contributed by atoms with Crippen LogP contribution in [0.3, 0.4) is 0 Å². The molecule has 0 aromatic heterocycles. The summed E-state index contributed by atoms with van der Waals surface area (Å²) in [5.74, 6) is 0.246. The Bertz CT molecular complexity index is 234. The van der Waals surface area contributed by atoms with Gasteiger partial charge in [-0.15, -0.1) is 30.6 Å². The fraction of sp³-hybridized carbons (Fsp3) is 0.667. The highest BCUT2D eigenvalue weighted by Crippen LogP contribution is 2.14. The second-order valence-corrected chi connectivity index (χ2v) is 2.96. The molecule has 0 amide bonds. The van der Waals surface area contributed by atoms with Crippen molar-refractivity contribution in [3.8, 4) is 0 Å². The lowest BCUT2D eigenvalue weighted by atomic mass is 10.4. The number of guanidine groups is 1. The van der Waals surface area contributed by atoms with Crippen LogP contribution in [0.15, 0.2) is 17.6 Å². The predicted molar refractivity (Wildman–Crippen MR) is 71.6 cm³/mol. The molecule has 0 saturated carbocycles. The molecule has 0 unspecified atom stereocenters. The van der Waals surface area contributed by atoms with E-state index < -0.39 is 12.8 Å². The monoisotopic (exact) mass is 367 g/mol. The minimum absolute atomic E-state index is 0. The van der Waals surface area contributed by atoms with Crippen molar-refractivity contribution < 1.29 is 17.9 Å². The van der Waals surface area contributed by atoms with Gasteiger partial charge in [0.1, 0.15) is 6.61 Å². The van der Waals surface area contributed by atoms with Gasteiger partial charge in [-0.05, 0) is 6.42 Å². The Balaban J connectivity index is 0. The van der Waals surface area contributed by atoms with Crippen molar-refractivity contribution in [1.82, 2.24) is 5.32 Å². The van der Waals surface area contributed by atoms with Crippen LogP contribution in [0, 0.1) is 0 Å². The van der Waals surface area contributed by atoms with Crippen LogP contribution < -0.4 is 11.1 Å². The molecule has 3 N–H and O–H groups in total. The first-order valence-corrected chi connectivity index (χ1v) is 4.75. The molecule has 0 fully saturated rings. The predicted octanol–water partition coefficient (Wildman–Crippen LogP) is 1.66. The fourth-order valence-electron chi connectivity index (χ4n) is 0.787. The number of nitrogens with zero attached hydrogens (tertiary/aromatic N) is 1. The summed E-state index contributed by atoms with van der Waals surface area (Å²) in [4.78, 5) is 3.87. The molecule has 4 nitrogen and oxygen atoms in total. The van der Waals surface area contributed by atoms with Crippen LogP contribution in [0.4, 0.5) is 13.2 Å². The fourth-order valence-corrected chi connectivity index (χ4v) is 0.787. The summed E-state index contributed by atoms with van der Waals surface area (Å²) < 4.78 is 39.3.